The van der Waals surface area contributed by atoms with Gasteiger partial charge in [-0.25, -0.2) is 13.1 Å². The van der Waals surface area contributed by atoms with E-state index in [1.807, 2.05) is 13.8 Å². The molecule has 1 aromatic rings. The third kappa shape index (κ3) is 7.04. The number of benzene rings is 1. The lowest BCUT2D eigenvalue weighted by atomic mass is 9.99. The molecular weight excluding hydrogens is 390 g/mol. The number of carbonyl (C=O) groups is 1. The molecule has 3 atom stereocenters. The molecule has 154 valence electrons. The first-order chi connectivity index (χ1) is 12.3. The summed E-state index contributed by atoms with van der Waals surface area (Å²) >= 11 is 0. The fraction of sp³-hybridized carbons (Fsp3) is 0.611. The third-order valence-electron chi connectivity index (χ3n) is 4.79. The van der Waals surface area contributed by atoms with Crippen LogP contribution in [0.15, 0.2) is 29.2 Å². The van der Waals surface area contributed by atoms with Crippen LogP contribution in [0.1, 0.15) is 38.7 Å². The number of nitrogens with two attached hydrogens (primary N) is 1. The van der Waals surface area contributed by atoms with E-state index in [0.29, 0.717) is 13.2 Å². The van der Waals surface area contributed by atoms with Crippen LogP contribution in [0.5, 0.6) is 0 Å². The van der Waals surface area contributed by atoms with E-state index in [0.717, 1.165) is 24.8 Å². The van der Waals surface area contributed by atoms with Crippen molar-refractivity contribution >= 4 is 28.3 Å². The van der Waals surface area contributed by atoms with E-state index < -0.39 is 16.1 Å². The number of sulfonamides is 1. The molecule has 0 bridgehead atoms. The quantitative estimate of drug-likeness (QED) is 0.562. The van der Waals surface area contributed by atoms with Crippen molar-refractivity contribution in [3.8, 4) is 0 Å². The zero-order valence-electron chi connectivity index (χ0n) is 15.8. The van der Waals surface area contributed by atoms with E-state index in [9.17, 15) is 13.2 Å². The smallest absolute Gasteiger partial charge is 0.240 e. The summed E-state index contributed by atoms with van der Waals surface area (Å²) in [5.74, 6) is -0.0910. The molecule has 1 aliphatic rings. The lowest BCUT2D eigenvalue weighted by molar-refractivity contribution is -0.123. The van der Waals surface area contributed by atoms with Gasteiger partial charge < -0.3 is 15.8 Å². The molecule has 1 aromatic carbocycles. The van der Waals surface area contributed by atoms with Gasteiger partial charge in [-0.3, -0.25) is 4.79 Å². The lowest BCUT2D eigenvalue weighted by Gasteiger charge is -2.17. The molecule has 2 rings (SSSR count). The standard InChI is InChI=1S/C18H29N3O4S.ClH/c1-3-13(2)17(19)18(22)20-11-14-6-8-16(9-7-14)26(23,24)21-12-15-5-4-10-25-15;/h6-9,13,15,17,21H,3-5,10-12,19H2,1-2H3,(H,20,22);1H. The molecule has 4 N–H and O–H groups in total. The Morgan fingerprint density at radius 2 is 2.00 bits per heavy atom. The number of carbonyl (C=O) groups excluding carboxylic acids is 1. The van der Waals surface area contributed by atoms with Gasteiger partial charge in [0.25, 0.3) is 0 Å². The SMILES string of the molecule is CCC(C)C(N)C(=O)NCc1ccc(S(=O)(=O)NCC2CCCO2)cc1.Cl. The summed E-state index contributed by atoms with van der Waals surface area (Å²) in [5, 5.41) is 2.79. The summed E-state index contributed by atoms with van der Waals surface area (Å²) in [4.78, 5) is 12.2. The summed E-state index contributed by atoms with van der Waals surface area (Å²) in [6.07, 6.45) is 2.63. The highest BCUT2D eigenvalue weighted by Crippen LogP contribution is 2.14. The number of amides is 1. The Kier molecular flexibility index (Phi) is 9.69. The number of hydrogen-bond acceptors (Lipinski definition) is 5. The van der Waals surface area contributed by atoms with Crippen molar-refractivity contribution in [1.29, 1.82) is 0 Å². The first-order valence-corrected chi connectivity index (χ1v) is 10.5. The second-order valence-corrected chi connectivity index (χ2v) is 8.53. The van der Waals surface area contributed by atoms with Gasteiger partial charge in [0.15, 0.2) is 0 Å². The summed E-state index contributed by atoms with van der Waals surface area (Å²) in [6.45, 7) is 5.21. The lowest BCUT2D eigenvalue weighted by Crippen LogP contribution is -2.44. The number of hydrogen-bond donors (Lipinski definition) is 3. The van der Waals surface area contributed by atoms with Gasteiger partial charge in [0, 0.05) is 19.7 Å². The number of rotatable bonds is 9. The molecule has 7 nitrogen and oxygen atoms in total. The highest BCUT2D eigenvalue weighted by Gasteiger charge is 2.21. The molecule has 1 amide bonds. The van der Waals surface area contributed by atoms with Crippen LogP contribution >= 0.6 is 12.4 Å². The molecule has 9 heteroatoms. The Morgan fingerprint density at radius 3 is 2.56 bits per heavy atom. The Labute approximate surface area is 167 Å². The molecule has 0 radical (unpaired) electrons. The van der Waals surface area contributed by atoms with Crippen LogP contribution < -0.4 is 15.8 Å². The minimum atomic E-state index is -3.56. The van der Waals surface area contributed by atoms with Gasteiger partial charge in [-0.2, -0.15) is 0 Å². The molecule has 0 spiro atoms. The van der Waals surface area contributed by atoms with Gasteiger partial charge in [0.2, 0.25) is 15.9 Å². The van der Waals surface area contributed by atoms with E-state index in [4.69, 9.17) is 10.5 Å². The summed E-state index contributed by atoms with van der Waals surface area (Å²) in [5.41, 5.74) is 6.70. The van der Waals surface area contributed by atoms with E-state index in [-0.39, 0.29) is 41.8 Å². The highest BCUT2D eigenvalue weighted by atomic mass is 35.5. The number of ether oxygens (including phenoxy) is 1. The Balaban J connectivity index is 0.00000364. The second-order valence-electron chi connectivity index (χ2n) is 6.76. The first-order valence-electron chi connectivity index (χ1n) is 9.07. The Hall–Kier alpha value is -1.19. The summed E-state index contributed by atoms with van der Waals surface area (Å²) in [7, 11) is -3.56. The van der Waals surface area contributed by atoms with Crippen LogP contribution in [0.25, 0.3) is 0 Å². The van der Waals surface area contributed by atoms with Crippen molar-refractivity contribution in [2.45, 2.75) is 56.7 Å². The third-order valence-corrected chi connectivity index (χ3v) is 6.22. The predicted molar refractivity (Wildman–Crippen MR) is 107 cm³/mol. The van der Waals surface area contributed by atoms with Crippen molar-refractivity contribution in [2.24, 2.45) is 11.7 Å². The van der Waals surface area contributed by atoms with Crippen molar-refractivity contribution in [3.63, 3.8) is 0 Å². The first kappa shape index (κ1) is 23.8. The van der Waals surface area contributed by atoms with E-state index in [1.165, 1.54) is 12.1 Å². The molecule has 0 aromatic heterocycles. The molecule has 1 saturated heterocycles. The van der Waals surface area contributed by atoms with Crippen molar-refractivity contribution < 1.29 is 17.9 Å². The van der Waals surface area contributed by atoms with Crippen molar-refractivity contribution in [1.82, 2.24) is 10.0 Å². The minimum absolute atomic E-state index is 0. The molecule has 0 aliphatic carbocycles. The van der Waals surface area contributed by atoms with Crippen LogP contribution in [-0.2, 0) is 26.1 Å². The molecule has 1 aliphatic heterocycles. The predicted octanol–water partition coefficient (Wildman–Crippen LogP) is 1.56. The maximum atomic E-state index is 12.3. The fourth-order valence-electron chi connectivity index (χ4n) is 2.70. The molecule has 0 saturated carbocycles. The normalized spacial score (nSPS) is 19.1. The van der Waals surface area contributed by atoms with Gasteiger partial charge in [-0.1, -0.05) is 32.4 Å². The van der Waals surface area contributed by atoms with Gasteiger partial charge in [0.1, 0.15) is 0 Å². The van der Waals surface area contributed by atoms with Crippen LogP contribution in [0.2, 0.25) is 0 Å². The number of nitrogens with one attached hydrogen (secondary N) is 2. The van der Waals surface area contributed by atoms with E-state index >= 15 is 0 Å². The van der Waals surface area contributed by atoms with Crippen molar-refractivity contribution in [2.75, 3.05) is 13.2 Å². The van der Waals surface area contributed by atoms with Gasteiger partial charge >= 0.3 is 0 Å². The Bertz CT molecular complexity index is 691. The number of halogens is 1. The molecule has 3 unspecified atom stereocenters. The molecule has 1 fully saturated rings. The average molecular weight is 420 g/mol. The van der Waals surface area contributed by atoms with Gasteiger partial charge in [0.05, 0.1) is 17.0 Å². The second kappa shape index (κ2) is 11.0. The average Bonchev–Trinajstić information content (AvgIpc) is 3.17. The fourth-order valence-corrected chi connectivity index (χ4v) is 3.76. The maximum Gasteiger partial charge on any atom is 0.240 e. The zero-order chi connectivity index (χ0) is 19.2. The van der Waals surface area contributed by atoms with E-state index in [1.54, 1.807) is 12.1 Å². The molecular formula is C18H30ClN3O4S. The van der Waals surface area contributed by atoms with Gasteiger partial charge in [-0.05, 0) is 36.5 Å². The molecule has 1 heterocycles. The maximum absolute atomic E-state index is 12.3. The summed E-state index contributed by atoms with van der Waals surface area (Å²) < 4.78 is 32.6. The summed E-state index contributed by atoms with van der Waals surface area (Å²) in [6, 6.07) is 5.91. The van der Waals surface area contributed by atoms with E-state index in [2.05, 4.69) is 10.0 Å². The van der Waals surface area contributed by atoms with Gasteiger partial charge in [-0.15, -0.1) is 12.4 Å². The van der Waals surface area contributed by atoms with Crippen LogP contribution in [-0.4, -0.2) is 39.6 Å². The zero-order valence-corrected chi connectivity index (χ0v) is 17.4. The van der Waals surface area contributed by atoms with Crippen molar-refractivity contribution in [3.05, 3.63) is 29.8 Å². The largest absolute Gasteiger partial charge is 0.377 e. The monoisotopic (exact) mass is 419 g/mol. The Morgan fingerprint density at radius 1 is 1.33 bits per heavy atom. The minimum Gasteiger partial charge on any atom is -0.377 e. The highest BCUT2D eigenvalue weighted by molar-refractivity contribution is 7.89. The van der Waals surface area contributed by atoms with Crippen LogP contribution in [0, 0.1) is 5.92 Å². The van der Waals surface area contributed by atoms with Crippen LogP contribution in [0.3, 0.4) is 0 Å². The van der Waals surface area contributed by atoms with Crippen LogP contribution in [0.4, 0.5) is 0 Å². The topological polar surface area (TPSA) is 111 Å². The molecule has 27 heavy (non-hydrogen) atoms.